The SMILES string of the molecule is CCCCCCN(c1ccc(OC)cc1)c1ccc(OC)cc1. The molecule has 3 heteroatoms. The molecule has 2 aromatic rings. The van der Waals surface area contributed by atoms with Crippen molar-refractivity contribution in [2.45, 2.75) is 32.6 Å². The average molecular weight is 313 g/mol. The second kappa shape index (κ2) is 9.09. The highest BCUT2D eigenvalue weighted by Crippen LogP contribution is 2.29. The quantitative estimate of drug-likeness (QED) is 0.577. The third-order valence-electron chi connectivity index (χ3n) is 4.00. The minimum absolute atomic E-state index is 0.884. The molecule has 23 heavy (non-hydrogen) atoms. The number of methoxy groups -OCH3 is 2. The average Bonchev–Trinajstić information content (AvgIpc) is 2.62. The summed E-state index contributed by atoms with van der Waals surface area (Å²) in [6.45, 7) is 3.25. The molecule has 0 radical (unpaired) electrons. The molecule has 0 unspecified atom stereocenters. The Hall–Kier alpha value is -2.16. The molecule has 0 heterocycles. The summed E-state index contributed by atoms with van der Waals surface area (Å²) in [7, 11) is 3.39. The number of anilines is 2. The van der Waals surface area contributed by atoms with Gasteiger partial charge in [-0.05, 0) is 55.0 Å². The third-order valence-corrected chi connectivity index (χ3v) is 4.00. The zero-order chi connectivity index (χ0) is 16.5. The van der Waals surface area contributed by atoms with Crippen molar-refractivity contribution in [2.24, 2.45) is 0 Å². The van der Waals surface area contributed by atoms with Gasteiger partial charge in [0.15, 0.2) is 0 Å². The molecule has 0 spiro atoms. The first-order valence-electron chi connectivity index (χ1n) is 8.34. The molecule has 0 aromatic heterocycles. The van der Waals surface area contributed by atoms with Gasteiger partial charge in [-0.15, -0.1) is 0 Å². The molecule has 0 N–H and O–H groups in total. The van der Waals surface area contributed by atoms with Gasteiger partial charge >= 0.3 is 0 Å². The van der Waals surface area contributed by atoms with Crippen LogP contribution < -0.4 is 14.4 Å². The van der Waals surface area contributed by atoms with Crippen molar-refractivity contribution >= 4 is 11.4 Å². The lowest BCUT2D eigenvalue weighted by atomic mass is 10.1. The normalized spacial score (nSPS) is 10.4. The molecular formula is C20H27NO2. The Morgan fingerprint density at radius 1 is 0.696 bits per heavy atom. The van der Waals surface area contributed by atoms with Crippen LogP contribution in [-0.2, 0) is 0 Å². The Kier molecular flexibility index (Phi) is 6.79. The maximum Gasteiger partial charge on any atom is 0.119 e. The number of hydrogen-bond acceptors (Lipinski definition) is 3. The van der Waals surface area contributed by atoms with E-state index in [0.717, 1.165) is 18.0 Å². The lowest BCUT2D eigenvalue weighted by Crippen LogP contribution is -2.18. The molecule has 0 amide bonds. The first-order valence-corrected chi connectivity index (χ1v) is 8.34. The van der Waals surface area contributed by atoms with Gasteiger partial charge in [0.25, 0.3) is 0 Å². The smallest absolute Gasteiger partial charge is 0.119 e. The molecule has 2 rings (SSSR count). The van der Waals surface area contributed by atoms with Crippen LogP contribution in [0, 0.1) is 0 Å². The van der Waals surface area contributed by atoms with Crippen LogP contribution in [-0.4, -0.2) is 20.8 Å². The fourth-order valence-electron chi connectivity index (χ4n) is 2.63. The van der Waals surface area contributed by atoms with Crippen LogP contribution in [0.25, 0.3) is 0 Å². The molecule has 0 aliphatic rings. The van der Waals surface area contributed by atoms with E-state index < -0.39 is 0 Å². The number of unbranched alkanes of at least 4 members (excludes halogenated alkanes) is 3. The topological polar surface area (TPSA) is 21.7 Å². The predicted molar refractivity (Wildman–Crippen MR) is 97.1 cm³/mol. The van der Waals surface area contributed by atoms with Gasteiger partial charge < -0.3 is 14.4 Å². The monoisotopic (exact) mass is 313 g/mol. The van der Waals surface area contributed by atoms with Crippen molar-refractivity contribution in [2.75, 3.05) is 25.7 Å². The standard InChI is InChI=1S/C20H27NO2/c1-4-5-6-7-16-21(17-8-12-19(22-2)13-9-17)18-10-14-20(23-3)15-11-18/h8-15H,4-7,16H2,1-3H3. The molecule has 0 atom stereocenters. The predicted octanol–water partition coefficient (Wildman–Crippen LogP) is 5.42. The molecule has 0 saturated heterocycles. The molecule has 0 aliphatic heterocycles. The van der Waals surface area contributed by atoms with Gasteiger partial charge in [-0.25, -0.2) is 0 Å². The summed E-state index contributed by atoms with van der Waals surface area (Å²) in [4.78, 5) is 2.36. The van der Waals surface area contributed by atoms with Crippen LogP contribution in [0.3, 0.4) is 0 Å². The van der Waals surface area contributed by atoms with E-state index in [9.17, 15) is 0 Å². The number of ether oxygens (including phenoxy) is 2. The van der Waals surface area contributed by atoms with E-state index in [-0.39, 0.29) is 0 Å². The van der Waals surface area contributed by atoms with Crippen LogP contribution in [0.2, 0.25) is 0 Å². The van der Waals surface area contributed by atoms with Gasteiger partial charge in [-0.2, -0.15) is 0 Å². The first-order chi connectivity index (χ1) is 11.3. The summed E-state index contributed by atoms with van der Waals surface area (Å²) in [5.41, 5.74) is 2.37. The lowest BCUT2D eigenvalue weighted by Gasteiger charge is -2.25. The van der Waals surface area contributed by atoms with Crippen LogP contribution in [0.1, 0.15) is 32.6 Å². The van der Waals surface area contributed by atoms with Gasteiger partial charge in [0.05, 0.1) is 14.2 Å². The largest absolute Gasteiger partial charge is 0.497 e. The second-order valence-corrected chi connectivity index (χ2v) is 5.61. The van der Waals surface area contributed by atoms with E-state index in [2.05, 4.69) is 36.1 Å². The summed E-state index contributed by atoms with van der Waals surface area (Å²) in [6, 6.07) is 16.5. The Morgan fingerprint density at radius 3 is 1.57 bits per heavy atom. The van der Waals surface area contributed by atoms with Crippen LogP contribution in [0.5, 0.6) is 11.5 Å². The number of rotatable bonds is 9. The molecular weight excluding hydrogens is 286 g/mol. The highest BCUT2D eigenvalue weighted by atomic mass is 16.5. The molecule has 3 nitrogen and oxygen atoms in total. The van der Waals surface area contributed by atoms with Gasteiger partial charge in [0.1, 0.15) is 11.5 Å². The van der Waals surface area contributed by atoms with E-state index >= 15 is 0 Å². The third kappa shape index (κ3) is 4.92. The number of benzene rings is 2. The maximum absolute atomic E-state index is 5.26. The lowest BCUT2D eigenvalue weighted by molar-refractivity contribution is 0.415. The zero-order valence-electron chi connectivity index (χ0n) is 14.4. The molecule has 2 aromatic carbocycles. The summed E-state index contributed by atoms with van der Waals surface area (Å²) in [6.07, 6.45) is 5.00. The molecule has 0 aliphatic carbocycles. The van der Waals surface area contributed by atoms with Gasteiger partial charge in [0, 0.05) is 17.9 Å². The molecule has 0 saturated carbocycles. The highest BCUT2D eigenvalue weighted by Gasteiger charge is 2.09. The molecule has 0 fully saturated rings. The van der Waals surface area contributed by atoms with E-state index in [1.165, 1.54) is 37.1 Å². The second-order valence-electron chi connectivity index (χ2n) is 5.61. The molecule has 0 bridgehead atoms. The van der Waals surface area contributed by atoms with Crippen molar-refractivity contribution < 1.29 is 9.47 Å². The van der Waals surface area contributed by atoms with Gasteiger partial charge in [0.2, 0.25) is 0 Å². The van der Waals surface area contributed by atoms with Crippen LogP contribution in [0.4, 0.5) is 11.4 Å². The minimum Gasteiger partial charge on any atom is -0.497 e. The fourth-order valence-corrected chi connectivity index (χ4v) is 2.63. The minimum atomic E-state index is 0.884. The van der Waals surface area contributed by atoms with Gasteiger partial charge in [-0.3, -0.25) is 0 Å². The fraction of sp³-hybridized carbons (Fsp3) is 0.400. The Morgan fingerprint density at radius 2 is 1.17 bits per heavy atom. The highest BCUT2D eigenvalue weighted by molar-refractivity contribution is 5.64. The number of nitrogens with zero attached hydrogens (tertiary/aromatic N) is 1. The summed E-state index contributed by atoms with van der Waals surface area (Å²) in [5.74, 6) is 1.77. The van der Waals surface area contributed by atoms with Crippen LogP contribution >= 0.6 is 0 Å². The zero-order valence-corrected chi connectivity index (χ0v) is 14.4. The van der Waals surface area contributed by atoms with Gasteiger partial charge in [-0.1, -0.05) is 26.2 Å². The van der Waals surface area contributed by atoms with Crippen molar-refractivity contribution in [3.05, 3.63) is 48.5 Å². The maximum atomic E-state index is 5.26. The Bertz CT molecular complexity index is 516. The Balaban J connectivity index is 2.18. The number of hydrogen-bond donors (Lipinski definition) is 0. The van der Waals surface area contributed by atoms with E-state index in [1.54, 1.807) is 14.2 Å². The summed E-state index contributed by atoms with van der Waals surface area (Å²) in [5, 5.41) is 0. The molecule has 124 valence electrons. The van der Waals surface area contributed by atoms with E-state index in [1.807, 2.05) is 24.3 Å². The van der Waals surface area contributed by atoms with Crippen molar-refractivity contribution in [3.8, 4) is 11.5 Å². The summed E-state index contributed by atoms with van der Waals surface area (Å²) >= 11 is 0. The first kappa shape index (κ1) is 17.2. The van der Waals surface area contributed by atoms with Crippen molar-refractivity contribution in [1.29, 1.82) is 0 Å². The van der Waals surface area contributed by atoms with E-state index in [4.69, 9.17) is 9.47 Å². The van der Waals surface area contributed by atoms with Crippen LogP contribution in [0.15, 0.2) is 48.5 Å². The van der Waals surface area contributed by atoms with Crippen molar-refractivity contribution in [1.82, 2.24) is 0 Å². The van der Waals surface area contributed by atoms with Crippen molar-refractivity contribution in [3.63, 3.8) is 0 Å². The summed E-state index contributed by atoms with van der Waals surface area (Å²) < 4.78 is 10.5. The Labute approximate surface area is 139 Å². The van der Waals surface area contributed by atoms with E-state index in [0.29, 0.717) is 0 Å².